The molecule has 0 radical (unpaired) electrons. The number of halogens is 3. The van der Waals surface area contributed by atoms with Crippen LogP contribution in [-0.2, 0) is 16.1 Å². The fraction of sp³-hybridized carbons (Fsp3) is 0.579. The number of benzene rings is 1. The predicted molar refractivity (Wildman–Crippen MR) is 97.4 cm³/mol. The Morgan fingerprint density at radius 2 is 1.68 bits per heavy atom. The van der Waals surface area contributed by atoms with Crippen LogP contribution in [0.4, 0.5) is 13.2 Å². The second kappa shape index (κ2) is 9.27. The second-order valence-corrected chi connectivity index (χ2v) is 7.22. The van der Waals surface area contributed by atoms with Crippen molar-refractivity contribution in [3.8, 4) is 5.75 Å². The Kier molecular flexibility index (Phi) is 7.29. The van der Waals surface area contributed by atoms with E-state index >= 15 is 0 Å². The molecule has 1 atom stereocenters. The maximum atomic E-state index is 12.7. The third-order valence-corrected chi connectivity index (χ3v) is 4.54. The van der Waals surface area contributed by atoms with E-state index < -0.39 is 12.4 Å². The summed E-state index contributed by atoms with van der Waals surface area (Å²) in [7, 11) is 0. The Hall–Kier alpha value is -2.29. The van der Waals surface area contributed by atoms with E-state index in [1.807, 2.05) is 13.8 Å². The van der Waals surface area contributed by atoms with Crippen LogP contribution >= 0.6 is 0 Å². The Morgan fingerprint density at radius 3 is 2.14 bits per heavy atom. The minimum Gasteiger partial charge on any atom is -0.406 e. The van der Waals surface area contributed by atoms with Crippen LogP contribution in [0.2, 0.25) is 0 Å². The number of alkyl halides is 3. The van der Waals surface area contributed by atoms with Gasteiger partial charge in [0.2, 0.25) is 11.8 Å². The number of amides is 2. The van der Waals surface area contributed by atoms with Crippen molar-refractivity contribution < 1.29 is 27.5 Å². The third-order valence-electron chi connectivity index (χ3n) is 4.54. The molecular formula is C19H26F3N3O3. The zero-order chi connectivity index (χ0) is 20.9. The van der Waals surface area contributed by atoms with Gasteiger partial charge in [0, 0.05) is 39.6 Å². The van der Waals surface area contributed by atoms with E-state index in [1.54, 1.807) is 17.0 Å². The lowest BCUT2D eigenvalue weighted by atomic mass is 10.0. The Labute approximate surface area is 162 Å². The molecule has 28 heavy (non-hydrogen) atoms. The summed E-state index contributed by atoms with van der Waals surface area (Å²) in [5, 5.41) is 2.71. The number of ether oxygens (including phenoxy) is 1. The van der Waals surface area contributed by atoms with E-state index in [0.717, 1.165) is 5.56 Å². The van der Waals surface area contributed by atoms with Crippen molar-refractivity contribution in [2.24, 2.45) is 5.92 Å². The summed E-state index contributed by atoms with van der Waals surface area (Å²) in [6.45, 7) is 8.13. The number of nitrogens with one attached hydrogen (secondary N) is 1. The second-order valence-electron chi connectivity index (χ2n) is 7.22. The Morgan fingerprint density at radius 1 is 1.11 bits per heavy atom. The minimum absolute atomic E-state index is 0.00754. The topological polar surface area (TPSA) is 61.9 Å². The first-order chi connectivity index (χ1) is 13.0. The average Bonchev–Trinajstić information content (AvgIpc) is 2.60. The van der Waals surface area contributed by atoms with Gasteiger partial charge in [-0.3, -0.25) is 14.5 Å². The van der Waals surface area contributed by atoms with Crippen LogP contribution in [0.1, 0.15) is 26.3 Å². The molecule has 1 fully saturated rings. The van der Waals surface area contributed by atoms with E-state index in [-0.39, 0.29) is 23.5 Å². The molecule has 2 rings (SSSR count). The van der Waals surface area contributed by atoms with Gasteiger partial charge in [-0.2, -0.15) is 0 Å². The van der Waals surface area contributed by atoms with E-state index in [0.29, 0.717) is 32.7 Å². The Bertz CT molecular complexity index is 669. The summed E-state index contributed by atoms with van der Waals surface area (Å²) in [4.78, 5) is 27.9. The first-order valence-electron chi connectivity index (χ1n) is 9.18. The third kappa shape index (κ3) is 6.70. The minimum atomic E-state index is -4.70. The Balaban J connectivity index is 1.86. The van der Waals surface area contributed by atoms with Gasteiger partial charge in [-0.05, 0) is 23.6 Å². The molecule has 1 aromatic carbocycles. The molecule has 2 amide bonds. The molecule has 0 aliphatic carbocycles. The molecule has 0 aromatic heterocycles. The van der Waals surface area contributed by atoms with Gasteiger partial charge in [-0.1, -0.05) is 26.0 Å². The van der Waals surface area contributed by atoms with Crippen molar-refractivity contribution in [1.29, 1.82) is 0 Å². The van der Waals surface area contributed by atoms with Crippen molar-refractivity contribution in [2.45, 2.75) is 39.7 Å². The van der Waals surface area contributed by atoms with Gasteiger partial charge in [-0.25, -0.2) is 0 Å². The molecule has 6 nitrogen and oxygen atoms in total. The maximum Gasteiger partial charge on any atom is 0.573 e. The van der Waals surface area contributed by atoms with Crippen LogP contribution in [0.15, 0.2) is 24.3 Å². The standard InChI is InChI=1S/C19H26F3N3O3/c1-13(2)17(23-14(3)26)18(27)25-10-8-24(9-11-25)12-15-4-6-16(7-5-15)28-19(20,21)22/h4-7,13,17H,8-12H2,1-3H3,(H,23,26)/t17-/m1/s1. The lowest BCUT2D eigenvalue weighted by Crippen LogP contribution is -2.56. The number of carbonyl (C=O) groups excluding carboxylic acids is 2. The molecule has 1 saturated heterocycles. The monoisotopic (exact) mass is 401 g/mol. The highest BCUT2D eigenvalue weighted by atomic mass is 19.4. The average molecular weight is 401 g/mol. The SMILES string of the molecule is CC(=O)N[C@@H](C(=O)N1CCN(Cc2ccc(OC(F)(F)F)cc2)CC1)C(C)C. The molecule has 0 bridgehead atoms. The summed E-state index contributed by atoms with van der Waals surface area (Å²) >= 11 is 0. The molecular weight excluding hydrogens is 375 g/mol. The van der Waals surface area contributed by atoms with Gasteiger partial charge in [0.25, 0.3) is 0 Å². The molecule has 0 saturated carbocycles. The number of carbonyl (C=O) groups is 2. The molecule has 1 aromatic rings. The van der Waals surface area contributed by atoms with Gasteiger partial charge in [0.1, 0.15) is 11.8 Å². The summed E-state index contributed by atoms with van der Waals surface area (Å²) in [6.07, 6.45) is -4.70. The quantitative estimate of drug-likeness (QED) is 0.795. The summed E-state index contributed by atoms with van der Waals surface area (Å²) in [5.41, 5.74) is 0.868. The van der Waals surface area contributed by atoms with Crippen molar-refractivity contribution in [3.05, 3.63) is 29.8 Å². The van der Waals surface area contributed by atoms with E-state index in [4.69, 9.17) is 0 Å². The highest BCUT2D eigenvalue weighted by Crippen LogP contribution is 2.23. The number of piperazine rings is 1. The predicted octanol–water partition coefficient (Wildman–Crippen LogP) is 2.39. The number of rotatable bonds is 6. The lowest BCUT2D eigenvalue weighted by Gasteiger charge is -2.37. The van der Waals surface area contributed by atoms with Gasteiger partial charge in [0.05, 0.1) is 0 Å². The van der Waals surface area contributed by atoms with Gasteiger partial charge in [0.15, 0.2) is 0 Å². The smallest absolute Gasteiger partial charge is 0.406 e. The fourth-order valence-corrected chi connectivity index (χ4v) is 3.11. The van der Waals surface area contributed by atoms with Crippen molar-refractivity contribution in [1.82, 2.24) is 15.1 Å². The fourth-order valence-electron chi connectivity index (χ4n) is 3.11. The number of hydrogen-bond acceptors (Lipinski definition) is 4. The van der Waals surface area contributed by atoms with Crippen molar-refractivity contribution in [2.75, 3.05) is 26.2 Å². The molecule has 0 spiro atoms. The normalized spacial score (nSPS) is 16.8. The van der Waals surface area contributed by atoms with Gasteiger partial charge in [-0.15, -0.1) is 13.2 Å². The first-order valence-corrected chi connectivity index (χ1v) is 9.18. The summed E-state index contributed by atoms with van der Waals surface area (Å²) in [6, 6.07) is 5.26. The highest BCUT2D eigenvalue weighted by Gasteiger charge is 2.31. The van der Waals surface area contributed by atoms with Crippen LogP contribution in [0, 0.1) is 5.92 Å². The van der Waals surface area contributed by atoms with Gasteiger partial charge >= 0.3 is 6.36 Å². The molecule has 1 heterocycles. The zero-order valence-electron chi connectivity index (χ0n) is 16.3. The molecule has 9 heteroatoms. The number of hydrogen-bond donors (Lipinski definition) is 1. The van der Waals surface area contributed by atoms with Crippen molar-refractivity contribution >= 4 is 11.8 Å². The molecule has 1 aliphatic heterocycles. The van der Waals surface area contributed by atoms with Crippen LogP contribution in [0.3, 0.4) is 0 Å². The molecule has 0 unspecified atom stereocenters. The highest BCUT2D eigenvalue weighted by molar-refractivity contribution is 5.87. The lowest BCUT2D eigenvalue weighted by molar-refractivity contribution is -0.274. The van der Waals surface area contributed by atoms with E-state index in [2.05, 4.69) is 15.0 Å². The van der Waals surface area contributed by atoms with Crippen LogP contribution in [0.25, 0.3) is 0 Å². The van der Waals surface area contributed by atoms with Crippen LogP contribution in [-0.4, -0.2) is 60.2 Å². The largest absolute Gasteiger partial charge is 0.573 e. The van der Waals surface area contributed by atoms with Crippen LogP contribution < -0.4 is 10.1 Å². The maximum absolute atomic E-state index is 12.7. The molecule has 1 N–H and O–H groups in total. The first kappa shape index (κ1) is 22.0. The summed E-state index contributed by atoms with van der Waals surface area (Å²) in [5.74, 6) is -0.571. The molecule has 1 aliphatic rings. The number of nitrogens with zero attached hydrogens (tertiary/aromatic N) is 2. The molecule has 156 valence electrons. The van der Waals surface area contributed by atoms with E-state index in [9.17, 15) is 22.8 Å². The van der Waals surface area contributed by atoms with E-state index in [1.165, 1.54) is 19.1 Å². The van der Waals surface area contributed by atoms with Gasteiger partial charge < -0.3 is 15.0 Å². The van der Waals surface area contributed by atoms with Crippen molar-refractivity contribution in [3.63, 3.8) is 0 Å². The zero-order valence-corrected chi connectivity index (χ0v) is 16.3. The summed E-state index contributed by atoms with van der Waals surface area (Å²) < 4.78 is 40.5. The van der Waals surface area contributed by atoms with Crippen LogP contribution in [0.5, 0.6) is 5.75 Å².